The molecule has 0 radical (unpaired) electrons. The van der Waals surface area contributed by atoms with Crippen LogP contribution in [0.15, 0.2) is 24.3 Å². The average Bonchev–Trinajstić information content (AvgIpc) is 2.13. The van der Waals surface area contributed by atoms with Gasteiger partial charge in [-0.15, -0.1) is 0 Å². The van der Waals surface area contributed by atoms with Crippen LogP contribution in [-0.2, 0) is 16.6 Å². The van der Waals surface area contributed by atoms with E-state index in [9.17, 15) is 8.42 Å². The van der Waals surface area contributed by atoms with E-state index in [0.717, 1.165) is 5.56 Å². The Labute approximate surface area is 83.4 Å². The topological polar surface area (TPSA) is 63.4 Å². The van der Waals surface area contributed by atoms with Crippen molar-refractivity contribution < 1.29 is 8.42 Å². The van der Waals surface area contributed by atoms with Crippen LogP contribution in [0, 0.1) is 0 Å². The molecule has 1 aromatic rings. The Hall–Kier alpha value is -1.07. The van der Waals surface area contributed by atoms with E-state index in [0.29, 0.717) is 18.8 Å². The van der Waals surface area contributed by atoms with E-state index >= 15 is 0 Å². The zero-order chi connectivity index (χ0) is 10.2. The first-order valence-corrected chi connectivity index (χ1v) is 6.01. The molecule has 1 saturated heterocycles. The molecular formula is C9H12N2O2S. The summed E-state index contributed by atoms with van der Waals surface area (Å²) in [5, 5.41) is 0. The highest BCUT2D eigenvalue weighted by Crippen LogP contribution is 2.18. The number of anilines is 1. The van der Waals surface area contributed by atoms with Crippen LogP contribution in [0.3, 0.4) is 0 Å². The Bertz CT molecular complexity index is 442. The van der Waals surface area contributed by atoms with E-state index < -0.39 is 10.0 Å². The van der Waals surface area contributed by atoms with Crippen molar-refractivity contribution >= 4 is 15.7 Å². The van der Waals surface area contributed by atoms with Gasteiger partial charge < -0.3 is 5.73 Å². The van der Waals surface area contributed by atoms with Crippen LogP contribution in [0.5, 0.6) is 0 Å². The van der Waals surface area contributed by atoms with E-state index in [1.54, 1.807) is 12.1 Å². The zero-order valence-electron chi connectivity index (χ0n) is 7.68. The maximum Gasteiger partial charge on any atom is 0.215 e. The van der Waals surface area contributed by atoms with Gasteiger partial charge in [0, 0.05) is 18.8 Å². The van der Waals surface area contributed by atoms with E-state index in [2.05, 4.69) is 0 Å². The van der Waals surface area contributed by atoms with Crippen molar-refractivity contribution in [1.82, 2.24) is 4.31 Å². The number of nitrogens with zero attached hydrogens (tertiary/aromatic N) is 1. The van der Waals surface area contributed by atoms with Gasteiger partial charge in [0.25, 0.3) is 0 Å². The Morgan fingerprint density at radius 2 is 2.21 bits per heavy atom. The Balaban J connectivity index is 2.12. The molecule has 5 heteroatoms. The van der Waals surface area contributed by atoms with Crippen molar-refractivity contribution in [3.8, 4) is 0 Å². The molecule has 4 nitrogen and oxygen atoms in total. The van der Waals surface area contributed by atoms with Gasteiger partial charge >= 0.3 is 0 Å². The fourth-order valence-corrected chi connectivity index (χ4v) is 2.53. The predicted octanol–water partition coefficient (Wildman–Crippen LogP) is 0.414. The van der Waals surface area contributed by atoms with E-state index in [1.807, 2.05) is 12.1 Å². The SMILES string of the molecule is Nc1cccc(CN2CCS2(=O)=O)c1. The largest absolute Gasteiger partial charge is 0.399 e. The number of sulfonamides is 1. The summed E-state index contributed by atoms with van der Waals surface area (Å²) in [4.78, 5) is 0. The quantitative estimate of drug-likeness (QED) is 0.722. The van der Waals surface area contributed by atoms with Crippen molar-refractivity contribution in [2.75, 3.05) is 18.0 Å². The molecule has 76 valence electrons. The van der Waals surface area contributed by atoms with Crippen LogP contribution in [0.4, 0.5) is 5.69 Å². The van der Waals surface area contributed by atoms with Crippen molar-refractivity contribution in [2.24, 2.45) is 0 Å². The fraction of sp³-hybridized carbons (Fsp3) is 0.333. The smallest absolute Gasteiger partial charge is 0.215 e. The monoisotopic (exact) mass is 212 g/mol. The summed E-state index contributed by atoms with van der Waals surface area (Å²) in [6, 6.07) is 7.29. The number of rotatable bonds is 2. The van der Waals surface area contributed by atoms with Gasteiger partial charge in [0.15, 0.2) is 0 Å². The van der Waals surface area contributed by atoms with Gasteiger partial charge in [0.2, 0.25) is 10.0 Å². The molecule has 2 rings (SSSR count). The zero-order valence-corrected chi connectivity index (χ0v) is 8.50. The molecule has 0 aliphatic carbocycles. The second kappa shape index (κ2) is 3.25. The van der Waals surface area contributed by atoms with Crippen LogP contribution in [-0.4, -0.2) is 25.0 Å². The highest BCUT2D eigenvalue weighted by molar-refractivity contribution is 7.90. The van der Waals surface area contributed by atoms with Gasteiger partial charge in [-0.25, -0.2) is 8.42 Å². The predicted molar refractivity (Wildman–Crippen MR) is 55.1 cm³/mol. The maximum atomic E-state index is 11.2. The molecule has 1 fully saturated rings. The first-order valence-electron chi connectivity index (χ1n) is 4.40. The lowest BCUT2D eigenvalue weighted by Crippen LogP contribution is -2.46. The third-order valence-electron chi connectivity index (χ3n) is 2.30. The van der Waals surface area contributed by atoms with Crippen molar-refractivity contribution in [3.63, 3.8) is 0 Å². The molecular weight excluding hydrogens is 200 g/mol. The summed E-state index contributed by atoms with van der Waals surface area (Å²) in [6.07, 6.45) is 0. The summed E-state index contributed by atoms with van der Waals surface area (Å²) < 4.78 is 23.9. The molecule has 0 atom stereocenters. The normalized spacial score (nSPS) is 20.3. The Kier molecular flexibility index (Phi) is 2.20. The van der Waals surface area contributed by atoms with Crippen LogP contribution in [0.1, 0.15) is 5.56 Å². The van der Waals surface area contributed by atoms with Crippen molar-refractivity contribution in [3.05, 3.63) is 29.8 Å². The lowest BCUT2D eigenvalue weighted by atomic mass is 10.2. The first-order chi connectivity index (χ1) is 6.58. The number of nitrogens with two attached hydrogens (primary N) is 1. The molecule has 0 spiro atoms. The molecule has 0 unspecified atom stereocenters. The maximum absolute atomic E-state index is 11.2. The van der Waals surface area contributed by atoms with E-state index in [1.165, 1.54) is 4.31 Å². The fourth-order valence-electron chi connectivity index (χ4n) is 1.44. The van der Waals surface area contributed by atoms with Crippen LogP contribution < -0.4 is 5.73 Å². The minimum Gasteiger partial charge on any atom is -0.399 e. The molecule has 1 aromatic carbocycles. The minimum absolute atomic E-state index is 0.273. The average molecular weight is 212 g/mol. The number of benzene rings is 1. The highest BCUT2D eigenvalue weighted by Gasteiger charge is 2.31. The summed E-state index contributed by atoms with van der Waals surface area (Å²) in [5.41, 5.74) is 7.20. The standard InChI is InChI=1S/C9H12N2O2S/c10-9-3-1-2-8(6-9)7-11-4-5-14(11,12)13/h1-3,6H,4-5,7,10H2. The third kappa shape index (κ3) is 1.73. The van der Waals surface area contributed by atoms with Crippen LogP contribution >= 0.6 is 0 Å². The molecule has 1 aliphatic rings. The number of hydrogen-bond acceptors (Lipinski definition) is 3. The minimum atomic E-state index is -2.94. The lowest BCUT2D eigenvalue weighted by molar-refractivity contribution is 0.379. The highest BCUT2D eigenvalue weighted by atomic mass is 32.2. The second-order valence-electron chi connectivity index (χ2n) is 3.39. The van der Waals surface area contributed by atoms with Crippen molar-refractivity contribution in [1.29, 1.82) is 0 Å². The Morgan fingerprint density at radius 3 is 2.71 bits per heavy atom. The van der Waals surface area contributed by atoms with E-state index in [-0.39, 0.29) is 5.75 Å². The Morgan fingerprint density at radius 1 is 1.43 bits per heavy atom. The molecule has 0 saturated carbocycles. The van der Waals surface area contributed by atoms with Gasteiger partial charge in [0.05, 0.1) is 5.75 Å². The van der Waals surface area contributed by atoms with Gasteiger partial charge in [-0.2, -0.15) is 4.31 Å². The molecule has 0 aromatic heterocycles. The molecule has 1 aliphatic heterocycles. The summed E-state index contributed by atoms with van der Waals surface area (Å²) >= 11 is 0. The third-order valence-corrected chi connectivity index (χ3v) is 4.10. The summed E-state index contributed by atoms with van der Waals surface area (Å²) in [7, 11) is -2.94. The number of hydrogen-bond donors (Lipinski definition) is 1. The van der Waals surface area contributed by atoms with Gasteiger partial charge in [-0.3, -0.25) is 0 Å². The summed E-state index contributed by atoms with van der Waals surface area (Å²) in [5.74, 6) is 0.273. The van der Waals surface area contributed by atoms with Crippen LogP contribution in [0.2, 0.25) is 0 Å². The van der Waals surface area contributed by atoms with Gasteiger partial charge in [-0.05, 0) is 17.7 Å². The second-order valence-corrected chi connectivity index (χ2v) is 5.48. The molecule has 1 heterocycles. The molecule has 0 bridgehead atoms. The van der Waals surface area contributed by atoms with Gasteiger partial charge in [0.1, 0.15) is 0 Å². The first kappa shape index (κ1) is 9.48. The van der Waals surface area contributed by atoms with E-state index in [4.69, 9.17) is 5.73 Å². The molecule has 14 heavy (non-hydrogen) atoms. The molecule has 2 N–H and O–H groups in total. The van der Waals surface area contributed by atoms with Gasteiger partial charge in [-0.1, -0.05) is 12.1 Å². The van der Waals surface area contributed by atoms with Crippen LogP contribution in [0.25, 0.3) is 0 Å². The molecule has 0 amide bonds. The lowest BCUT2D eigenvalue weighted by Gasteiger charge is -2.30. The van der Waals surface area contributed by atoms with Crippen molar-refractivity contribution in [2.45, 2.75) is 6.54 Å². The summed E-state index contributed by atoms with van der Waals surface area (Å²) in [6.45, 7) is 1.06. The number of nitrogen functional groups attached to an aromatic ring is 1.